The lowest BCUT2D eigenvalue weighted by molar-refractivity contribution is -0.115. The Balaban J connectivity index is 1.32. The van der Waals surface area contributed by atoms with Gasteiger partial charge in [0.05, 0.1) is 23.4 Å². The minimum absolute atomic E-state index is 0.0287. The number of halogens is 2. The van der Waals surface area contributed by atoms with Gasteiger partial charge in [-0.25, -0.2) is 13.8 Å². The van der Waals surface area contributed by atoms with Gasteiger partial charge in [-0.2, -0.15) is 0 Å². The van der Waals surface area contributed by atoms with Crippen molar-refractivity contribution >= 4 is 33.9 Å². The molecule has 5 aromatic rings. The van der Waals surface area contributed by atoms with Crippen LogP contribution in [-0.4, -0.2) is 39.7 Å². The number of hydrogen-bond acceptors (Lipinski definition) is 4. The number of piperidine rings is 1. The van der Waals surface area contributed by atoms with Crippen LogP contribution in [0.4, 0.5) is 20.2 Å². The van der Waals surface area contributed by atoms with Gasteiger partial charge in [-0.15, -0.1) is 0 Å². The monoisotopic (exact) mass is 578 g/mol. The van der Waals surface area contributed by atoms with E-state index < -0.39 is 17.5 Å². The minimum Gasteiger partial charge on any atom is -0.494 e. The minimum atomic E-state index is -1.03. The van der Waals surface area contributed by atoms with Crippen molar-refractivity contribution < 1.29 is 18.7 Å². The number of nitrogens with zero attached hydrogens (tertiary/aromatic N) is 2. The van der Waals surface area contributed by atoms with E-state index in [0.29, 0.717) is 27.9 Å². The van der Waals surface area contributed by atoms with Gasteiger partial charge < -0.3 is 15.4 Å². The van der Waals surface area contributed by atoms with Crippen LogP contribution in [0.1, 0.15) is 41.5 Å². The fourth-order valence-corrected chi connectivity index (χ4v) is 5.60. The quantitative estimate of drug-likeness (QED) is 0.167. The van der Waals surface area contributed by atoms with Gasteiger partial charge in [0, 0.05) is 34.3 Å². The highest BCUT2D eigenvalue weighted by atomic mass is 19.2. The fraction of sp³-hybridized carbons (Fsp3) is 0.200. The molecule has 1 fully saturated rings. The second-order valence-corrected chi connectivity index (χ2v) is 10.9. The first kappa shape index (κ1) is 28.3. The molecule has 0 aliphatic carbocycles. The third kappa shape index (κ3) is 6.49. The molecular weight excluding hydrogens is 546 g/mol. The topological polar surface area (TPSA) is 80.7 Å². The SMILES string of the molecule is O=C(Cc1cccc(F)c1F)Nc1ccc2[nH]c(O)c(C(=Nc3ccc(CN4CCCCC4)cc3)c3ccccc3)c2c1. The molecule has 0 spiro atoms. The molecule has 6 nitrogen and oxygen atoms in total. The number of carbonyl (C=O) groups excluding carboxylic acids is 1. The van der Waals surface area contributed by atoms with Gasteiger partial charge >= 0.3 is 0 Å². The normalized spacial score (nSPS) is 14.2. The number of likely N-dealkylation sites (tertiary alicyclic amines) is 1. The van der Waals surface area contributed by atoms with Crippen LogP contribution in [0, 0.1) is 11.6 Å². The van der Waals surface area contributed by atoms with Crippen molar-refractivity contribution in [2.45, 2.75) is 32.2 Å². The first-order chi connectivity index (χ1) is 20.9. The summed E-state index contributed by atoms with van der Waals surface area (Å²) in [7, 11) is 0. The molecule has 2 heterocycles. The number of carbonyl (C=O) groups is 1. The van der Waals surface area contributed by atoms with E-state index in [1.807, 2.05) is 42.5 Å². The summed E-state index contributed by atoms with van der Waals surface area (Å²) in [6, 6.07) is 26.7. The first-order valence-corrected chi connectivity index (χ1v) is 14.5. The Morgan fingerprint density at radius 3 is 2.44 bits per heavy atom. The van der Waals surface area contributed by atoms with Gasteiger partial charge in [-0.3, -0.25) is 9.69 Å². The molecule has 1 aliphatic rings. The summed E-state index contributed by atoms with van der Waals surface area (Å²) in [4.78, 5) is 23.2. The standard InChI is InChI=1S/C35H32F2N4O2/c36-29-11-7-10-25(33(29)37)20-31(42)38-27-16-17-30-28(21-27)32(35(43)40-30)34(24-8-3-1-4-9-24)39-26-14-12-23(13-15-26)22-41-18-5-2-6-19-41/h1,3-4,7-17,21,40,43H,2,5-6,18-20,22H2,(H,38,42). The van der Waals surface area contributed by atoms with Crippen LogP contribution in [0.5, 0.6) is 5.88 Å². The number of aromatic nitrogens is 1. The molecule has 0 bridgehead atoms. The average molecular weight is 579 g/mol. The van der Waals surface area contributed by atoms with Crippen LogP contribution in [0.3, 0.4) is 0 Å². The van der Waals surface area contributed by atoms with Crippen LogP contribution in [0.15, 0.2) is 96.0 Å². The predicted octanol–water partition coefficient (Wildman–Crippen LogP) is 7.49. The van der Waals surface area contributed by atoms with E-state index in [1.165, 1.54) is 37.0 Å². The van der Waals surface area contributed by atoms with E-state index in [0.717, 1.165) is 37.0 Å². The molecule has 0 radical (unpaired) electrons. The summed E-state index contributed by atoms with van der Waals surface area (Å²) >= 11 is 0. The molecule has 1 saturated heterocycles. The summed E-state index contributed by atoms with van der Waals surface area (Å²) in [5.41, 5.74) is 4.92. The molecule has 6 rings (SSSR count). The molecule has 1 aromatic heterocycles. The van der Waals surface area contributed by atoms with Crippen LogP contribution < -0.4 is 5.32 Å². The van der Waals surface area contributed by atoms with Crippen LogP contribution in [-0.2, 0) is 17.8 Å². The molecule has 0 atom stereocenters. The number of anilines is 1. The zero-order chi connectivity index (χ0) is 29.8. The number of aliphatic imine (C=N–C) groups is 1. The Morgan fingerprint density at radius 1 is 0.907 bits per heavy atom. The van der Waals surface area contributed by atoms with Crippen LogP contribution in [0.2, 0.25) is 0 Å². The molecule has 43 heavy (non-hydrogen) atoms. The van der Waals surface area contributed by atoms with Gasteiger partial charge in [0.1, 0.15) is 0 Å². The van der Waals surface area contributed by atoms with Crippen LogP contribution in [0.25, 0.3) is 10.9 Å². The van der Waals surface area contributed by atoms with Crippen LogP contribution >= 0.6 is 0 Å². The van der Waals surface area contributed by atoms with Crippen molar-refractivity contribution in [2.24, 2.45) is 4.99 Å². The Labute approximate surface area is 248 Å². The maximum Gasteiger partial charge on any atom is 0.228 e. The van der Waals surface area contributed by atoms with E-state index in [2.05, 4.69) is 27.3 Å². The van der Waals surface area contributed by atoms with E-state index in [-0.39, 0.29) is 17.9 Å². The zero-order valence-electron chi connectivity index (χ0n) is 23.6. The molecule has 3 N–H and O–H groups in total. The second kappa shape index (κ2) is 12.6. The molecule has 1 aliphatic heterocycles. The van der Waals surface area contributed by atoms with E-state index in [1.54, 1.807) is 18.2 Å². The van der Waals surface area contributed by atoms with Crippen molar-refractivity contribution in [3.05, 3.63) is 125 Å². The molecule has 4 aromatic carbocycles. The summed E-state index contributed by atoms with van der Waals surface area (Å²) in [5.74, 6) is -2.57. The first-order valence-electron chi connectivity index (χ1n) is 14.5. The number of nitrogens with one attached hydrogen (secondary N) is 2. The second-order valence-electron chi connectivity index (χ2n) is 10.9. The maximum absolute atomic E-state index is 14.1. The Bertz CT molecular complexity index is 1780. The summed E-state index contributed by atoms with van der Waals surface area (Å²) in [6.07, 6.45) is 3.47. The summed E-state index contributed by atoms with van der Waals surface area (Å²) < 4.78 is 27.7. The number of hydrogen-bond donors (Lipinski definition) is 3. The number of benzene rings is 4. The summed E-state index contributed by atoms with van der Waals surface area (Å²) in [6.45, 7) is 3.17. The van der Waals surface area contributed by atoms with E-state index >= 15 is 0 Å². The lowest BCUT2D eigenvalue weighted by Gasteiger charge is -2.26. The number of aromatic hydroxyl groups is 1. The van der Waals surface area contributed by atoms with Gasteiger partial charge in [0.15, 0.2) is 17.5 Å². The smallest absolute Gasteiger partial charge is 0.228 e. The molecular formula is C35H32F2N4O2. The Morgan fingerprint density at radius 2 is 1.67 bits per heavy atom. The lowest BCUT2D eigenvalue weighted by Crippen LogP contribution is -2.28. The third-order valence-electron chi connectivity index (χ3n) is 7.76. The molecule has 8 heteroatoms. The van der Waals surface area contributed by atoms with Gasteiger partial charge in [0.2, 0.25) is 5.91 Å². The number of amides is 1. The number of fused-ring (bicyclic) bond motifs is 1. The van der Waals surface area contributed by atoms with E-state index in [9.17, 15) is 18.7 Å². The summed E-state index contributed by atoms with van der Waals surface area (Å²) in [5, 5.41) is 14.5. The fourth-order valence-electron chi connectivity index (χ4n) is 5.60. The largest absolute Gasteiger partial charge is 0.494 e. The van der Waals surface area contributed by atoms with Gasteiger partial charge in [0.25, 0.3) is 0 Å². The van der Waals surface area contributed by atoms with Crippen molar-refractivity contribution in [3.63, 3.8) is 0 Å². The van der Waals surface area contributed by atoms with Crippen molar-refractivity contribution in [3.8, 4) is 5.88 Å². The highest BCUT2D eigenvalue weighted by Gasteiger charge is 2.20. The molecule has 218 valence electrons. The van der Waals surface area contributed by atoms with Crippen molar-refractivity contribution in [1.82, 2.24) is 9.88 Å². The molecule has 0 saturated carbocycles. The Kier molecular flexibility index (Phi) is 8.29. The van der Waals surface area contributed by atoms with Crippen molar-refractivity contribution in [1.29, 1.82) is 0 Å². The number of H-pyrrole nitrogens is 1. The Hall–Kier alpha value is -4.82. The van der Waals surface area contributed by atoms with Gasteiger partial charge in [-0.1, -0.05) is 61.0 Å². The van der Waals surface area contributed by atoms with Gasteiger partial charge in [-0.05, 0) is 67.9 Å². The third-order valence-corrected chi connectivity index (χ3v) is 7.76. The predicted molar refractivity (Wildman–Crippen MR) is 166 cm³/mol. The highest BCUT2D eigenvalue weighted by molar-refractivity contribution is 6.22. The average Bonchev–Trinajstić information content (AvgIpc) is 3.34. The lowest BCUT2D eigenvalue weighted by atomic mass is 10.0. The molecule has 1 amide bonds. The van der Waals surface area contributed by atoms with Crippen molar-refractivity contribution in [2.75, 3.05) is 18.4 Å². The zero-order valence-corrected chi connectivity index (χ0v) is 23.6. The molecule has 0 unspecified atom stereocenters. The number of aromatic amines is 1. The highest BCUT2D eigenvalue weighted by Crippen LogP contribution is 2.33. The number of rotatable bonds is 8. The van der Waals surface area contributed by atoms with E-state index in [4.69, 9.17) is 4.99 Å². The maximum atomic E-state index is 14.1.